The molecule has 5 nitrogen and oxygen atoms in total. The van der Waals surface area contributed by atoms with Gasteiger partial charge in [0.05, 0.1) is 6.20 Å². The van der Waals surface area contributed by atoms with Gasteiger partial charge in [0, 0.05) is 25.4 Å². The molecule has 1 aliphatic rings. The van der Waals surface area contributed by atoms with E-state index in [9.17, 15) is 0 Å². The third kappa shape index (κ3) is 1.66. The van der Waals surface area contributed by atoms with Crippen molar-refractivity contribution in [1.29, 1.82) is 0 Å². The average Bonchev–Trinajstić information content (AvgIpc) is 2.96. The van der Waals surface area contributed by atoms with Crippen LogP contribution < -0.4 is 5.32 Å². The van der Waals surface area contributed by atoms with Gasteiger partial charge in [-0.3, -0.25) is 0 Å². The SMILES string of the molecule is CNc1nc(-c2ncc(Cl)n2C)nc2c1CCC2. The largest absolute Gasteiger partial charge is 0.373 e. The monoisotopic (exact) mass is 263 g/mol. The summed E-state index contributed by atoms with van der Waals surface area (Å²) in [5, 5.41) is 3.73. The van der Waals surface area contributed by atoms with E-state index < -0.39 is 0 Å². The molecule has 0 radical (unpaired) electrons. The van der Waals surface area contributed by atoms with Crippen molar-refractivity contribution in [2.75, 3.05) is 12.4 Å². The number of aromatic nitrogens is 4. The van der Waals surface area contributed by atoms with Gasteiger partial charge in [-0.25, -0.2) is 15.0 Å². The Hall–Kier alpha value is -1.62. The van der Waals surface area contributed by atoms with Gasteiger partial charge in [0.25, 0.3) is 0 Å². The van der Waals surface area contributed by atoms with Crippen molar-refractivity contribution >= 4 is 17.4 Å². The molecule has 3 rings (SSSR count). The molecule has 2 heterocycles. The summed E-state index contributed by atoms with van der Waals surface area (Å²) in [7, 11) is 3.75. The summed E-state index contributed by atoms with van der Waals surface area (Å²) < 4.78 is 1.79. The van der Waals surface area contributed by atoms with E-state index in [1.165, 1.54) is 5.56 Å². The molecule has 0 unspecified atom stereocenters. The highest BCUT2D eigenvalue weighted by Gasteiger charge is 2.21. The summed E-state index contributed by atoms with van der Waals surface area (Å²) in [4.78, 5) is 13.4. The molecule has 0 spiro atoms. The Bertz CT molecular complexity index is 605. The first-order valence-electron chi connectivity index (χ1n) is 5.96. The summed E-state index contributed by atoms with van der Waals surface area (Å²) in [6.45, 7) is 0. The van der Waals surface area contributed by atoms with E-state index in [1.54, 1.807) is 10.8 Å². The van der Waals surface area contributed by atoms with Crippen molar-refractivity contribution < 1.29 is 0 Å². The minimum Gasteiger partial charge on any atom is -0.373 e. The molecule has 6 heteroatoms. The molecule has 18 heavy (non-hydrogen) atoms. The average molecular weight is 264 g/mol. The van der Waals surface area contributed by atoms with Gasteiger partial charge in [0.15, 0.2) is 11.6 Å². The summed E-state index contributed by atoms with van der Waals surface area (Å²) in [5.74, 6) is 2.24. The Balaban J connectivity index is 2.16. The Morgan fingerprint density at radius 2 is 2.17 bits per heavy atom. The molecule has 2 aromatic rings. The van der Waals surface area contributed by atoms with E-state index >= 15 is 0 Å². The Morgan fingerprint density at radius 1 is 1.33 bits per heavy atom. The molecule has 0 fully saturated rings. The van der Waals surface area contributed by atoms with Crippen LogP contribution in [0.2, 0.25) is 5.15 Å². The van der Waals surface area contributed by atoms with Crippen molar-refractivity contribution in [3.63, 3.8) is 0 Å². The molecule has 0 aliphatic heterocycles. The second-order valence-corrected chi connectivity index (χ2v) is 4.78. The number of halogens is 1. The summed E-state index contributed by atoms with van der Waals surface area (Å²) >= 11 is 6.00. The van der Waals surface area contributed by atoms with Gasteiger partial charge < -0.3 is 9.88 Å². The first kappa shape index (κ1) is 11.5. The molecule has 0 amide bonds. The lowest BCUT2D eigenvalue weighted by molar-refractivity contribution is 0.888. The highest BCUT2D eigenvalue weighted by atomic mass is 35.5. The van der Waals surface area contributed by atoms with Crippen LogP contribution in [0.25, 0.3) is 11.6 Å². The van der Waals surface area contributed by atoms with Gasteiger partial charge in [0.2, 0.25) is 0 Å². The Kier molecular flexibility index (Phi) is 2.70. The number of rotatable bonds is 2. The molecule has 2 aromatic heterocycles. The van der Waals surface area contributed by atoms with E-state index in [1.807, 2.05) is 14.1 Å². The molecule has 1 aliphatic carbocycles. The van der Waals surface area contributed by atoms with Crippen molar-refractivity contribution in [3.8, 4) is 11.6 Å². The van der Waals surface area contributed by atoms with Crippen LogP contribution in [-0.4, -0.2) is 26.6 Å². The van der Waals surface area contributed by atoms with Crippen molar-refractivity contribution in [2.24, 2.45) is 7.05 Å². The fourth-order valence-electron chi connectivity index (χ4n) is 2.34. The standard InChI is InChI=1S/C12H14ClN5/c1-14-10-7-4-3-5-8(7)16-11(17-10)12-15-6-9(13)18(12)2/h6H,3-5H2,1-2H3,(H,14,16,17). The zero-order chi connectivity index (χ0) is 12.7. The maximum Gasteiger partial charge on any atom is 0.198 e. The molecule has 94 valence electrons. The van der Waals surface area contributed by atoms with Crippen LogP contribution in [0.15, 0.2) is 6.20 Å². The lowest BCUT2D eigenvalue weighted by atomic mass is 10.2. The Morgan fingerprint density at radius 3 is 2.83 bits per heavy atom. The van der Waals surface area contributed by atoms with Crippen LogP contribution >= 0.6 is 11.6 Å². The molecular weight excluding hydrogens is 250 g/mol. The van der Waals surface area contributed by atoms with Crippen LogP contribution in [0.4, 0.5) is 5.82 Å². The molecule has 0 saturated carbocycles. The van der Waals surface area contributed by atoms with E-state index in [0.29, 0.717) is 16.8 Å². The number of fused-ring (bicyclic) bond motifs is 1. The molecule has 0 bridgehead atoms. The quantitative estimate of drug-likeness (QED) is 0.901. The first-order chi connectivity index (χ1) is 8.70. The second-order valence-electron chi connectivity index (χ2n) is 4.39. The minimum absolute atomic E-state index is 0.583. The highest BCUT2D eigenvalue weighted by Crippen LogP contribution is 2.28. The van der Waals surface area contributed by atoms with Gasteiger partial charge in [0.1, 0.15) is 11.0 Å². The topological polar surface area (TPSA) is 55.6 Å². The van der Waals surface area contributed by atoms with E-state index in [-0.39, 0.29) is 0 Å². The smallest absolute Gasteiger partial charge is 0.198 e. The van der Waals surface area contributed by atoms with Crippen molar-refractivity contribution in [2.45, 2.75) is 19.3 Å². The molecule has 0 saturated heterocycles. The van der Waals surface area contributed by atoms with E-state index in [2.05, 4.69) is 20.3 Å². The zero-order valence-electron chi connectivity index (χ0n) is 10.4. The van der Waals surface area contributed by atoms with Crippen LogP contribution in [0.5, 0.6) is 0 Å². The maximum absolute atomic E-state index is 6.00. The fourth-order valence-corrected chi connectivity index (χ4v) is 2.46. The molecule has 1 N–H and O–H groups in total. The molecule has 0 aromatic carbocycles. The van der Waals surface area contributed by atoms with E-state index in [4.69, 9.17) is 11.6 Å². The number of hydrogen-bond donors (Lipinski definition) is 1. The second kappa shape index (κ2) is 4.24. The van der Waals surface area contributed by atoms with Crippen molar-refractivity contribution in [3.05, 3.63) is 22.6 Å². The Labute approximate surface area is 110 Å². The van der Waals surface area contributed by atoms with Gasteiger partial charge in [-0.05, 0) is 19.3 Å². The summed E-state index contributed by atoms with van der Waals surface area (Å²) in [6.07, 6.45) is 4.82. The first-order valence-corrected chi connectivity index (χ1v) is 6.33. The predicted molar refractivity (Wildman–Crippen MR) is 70.8 cm³/mol. The molecular formula is C12H14ClN5. The lowest BCUT2D eigenvalue weighted by Gasteiger charge is -2.09. The molecule has 0 atom stereocenters. The van der Waals surface area contributed by atoms with Gasteiger partial charge >= 0.3 is 0 Å². The number of anilines is 1. The normalized spacial score (nSPS) is 13.7. The van der Waals surface area contributed by atoms with Crippen LogP contribution in [-0.2, 0) is 19.9 Å². The fraction of sp³-hybridized carbons (Fsp3) is 0.417. The summed E-state index contributed by atoms with van der Waals surface area (Å²) in [5.41, 5.74) is 2.37. The minimum atomic E-state index is 0.583. The highest BCUT2D eigenvalue weighted by molar-refractivity contribution is 6.29. The summed E-state index contributed by atoms with van der Waals surface area (Å²) in [6, 6.07) is 0. The number of imidazole rings is 1. The van der Waals surface area contributed by atoms with Gasteiger partial charge in [-0.1, -0.05) is 11.6 Å². The van der Waals surface area contributed by atoms with Crippen LogP contribution in [0, 0.1) is 0 Å². The zero-order valence-corrected chi connectivity index (χ0v) is 11.1. The van der Waals surface area contributed by atoms with Crippen LogP contribution in [0.3, 0.4) is 0 Å². The maximum atomic E-state index is 6.00. The number of hydrogen-bond acceptors (Lipinski definition) is 4. The number of nitrogens with one attached hydrogen (secondary N) is 1. The third-order valence-corrected chi connectivity index (χ3v) is 3.65. The van der Waals surface area contributed by atoms with Gasteiger partial charge in [-0.15, -0.1) is 0 Å². The lowest BCUT2D eigenvalue weighted by Crippen LogP contribution is -2.05. The number of aryl methyl sites for hydroxylation is 1. The van der Waals surface area contributed by atoms with Crippen molar-refractivity contribution in [1.82, 2.24) is 19.5 Å². The van der Waals surface area contributed by atoms with Crippen LogP contribution in [0.1, 0.15) is 17.7 Å². The number of nitrogens with zero attached hydrogens (tertiary/aromatic N) is 4. The van der Waals surface area contributed by atoms with Gasteiger partial charge in [-0.2, -0.15) is 0 Å². The third-order valence-electron chi connectivity index (χ3n) is 3.30. The predicted octanol–water partition coefficient (Wildman–Crippen LogP) is 2.06. The van der Waals surface area contributed by atoms with E-state index in [0.717, 1.165) is 30.8 Å².